The van der Waals surface area contributed by atoms with Gasteiger partial charge in [0.25, 0.3) is 0 Å². The summed E-state index contributed by atoms with van der Waals surface area (Å²) in [7, 11) is 0. The second-order valence-electron chi connectivity index (χ2n) is 4.15. The van der Waals surface area contributed by atoms with Crippen LogP contribution in [-0.4, -0.2) is 36.2 Å². The van der Waals surface area contributed by atoms with Crippen LogP contribution >= 0.6 is 11.8 Å². The maximum Gasteiger partial charge on any atom is 0.323 e. The summed E-state index contributed by atoms with van der Waals surface area (Å²) in [5.74, 6) is 2.14. The number of carbonyl (C=O) groups is 1. The van der Waals surface area contributed by atoms with Crippen molar-refractivity contribution in [1.82, 2.24) is 5.32 Å². The Labute approximate surface area is 103 Å². The van der Waals surface area contributed by atoms with E-state index in [0.29, 0.717) is 12.6 Å². The maximum atomic E-state index is 11.7. The van der Waals surface area contributed by atoms with Crippen molar-refractivity contribution in [2.75, 3.05) is 18.1 Å². The third kappa shape index (κ3) is 5.75. The van der Waals surface area contributed by atoms with Crippen molar-refractivity contribution in [3.8, 4) is 0 Å². The molecule has 1 rings (SSSR count). The van der Waals surface area contributed by atoms with Crippen LogP contribution in [0.2, 0.25) is 0 Å². The first kappa shape index (κ1) is 13.8. The summed E-state index contributed by atoms with van der Waals surface area (Å²) in [5.41, 5.74) is 0. The van der Waals surface area contributed by atoms with Crippen molar-refractivity contribution in [3.05, 3.63) is 0 Å². The Morgan fingerprint density at radius 1 is 1.44 bits per heavy atom. The van der Waals surface area contributed by atoms with Gasteiger partial charge in [-0.15, -0.1) is 0 Å². The molecule has 4 heteroatoms. The molecule has 0 amide bonds. The molecule has 0 aromatic carbocycles. The van der Waals surface area contributed by atoms with Crippen LogP contribution in [0.3, 0.4) is 0 Å². The number of carbonyl (C=O) groups excluding carboxylic acids is 1. The van der Waals surface area contributed by atoms with Gasteiger partial charge >= 0.3 is 5.97 Å². The van der Waals surface area contributed by atoms with E-state index in [1.54, 1.807) is 0 Å². The molecule has 3 nitrogen and oxygen atoms in total. The molecular weight excluding hydrogens is 222 g/mol. The van der Waals surface area contributed by atoms with Crippen molar-refractivity contribution in [2.24, 2.45) is 0 Å². The number of nitrogens with one attached hydrogen (secondary N) is 1. The highest BCUT2D eigenvalue weighted by Gasteiger charge is 2.28. The first-order valence-electron chi connectivity index (χ1n) is 6.28. The summed E-state index contributed by atoms with van der Waals surface area (Å²) < 4.78 is 5.08. The molecule has 1 saturated carbocycles. The average Bonchev–Trinajstić information content (AvgIpc) is 3.07. The molecule has 1 aliphatic rings. The van der Waals surface area contributed by atoms with E-state index >= 15 is 0 Å². The molecule has 1 N–H and O–H groups in total. The van der Waals surface area contributed by atoms with E-state index in [-0.39, 0.29) is 12.0 Å². The molecule has 0 saturated heterocycles. The molecule has 1 fully saturated rings. The highest BCUT2D eigenvalue weighted by atomic mass is 32.2. The van der Waals surface area contributed by atoms with E-state index < -0.39 is 0 Å². The van der Waals surface area contributed by atoms with E-state index in [1.165, 1.54) is 25.0 Å². The molecule has 1 unspecified atom stereocenters. The zero-order valence-corrected chi connectivity index (χ0v) is 11.1. The van der Waals surface area contributed by atoms with Crippen LogP contribution < -0.4 is 5.32 Å². The Kier molecular flexibility index (Phi) is 6.88. The predicted octanol–water partition coefficient (Wildman–Crippen LogP) is 2.20. The van der Waals surface area contributed by atoms with Gasteiger partial charge in [-0.1, -0.05) is 6.92 Å². The average molecular weight is 245 g/mol. The molecule has 16 heavy (non-hydrogen) atoms. The lowest BCUT2D eigenvalue weighted by atomic mass is 10.2. The van der Waals surface area contributed by atoms with Gasteiger partial charge in [0.2, 0.25) is 0 Å². The standard InChI is InChI=1S/C12H23NO2S/c1-3-8-16-9-7-11(12(14)15-4-2)13-10-5-6-10/h10-11,13H,3-9H2,1-2H3. The SMILES string of the molecule is CCCSCCC(NC1CC1)C(=O)OCC. The first-order valence-corrected chi connectivity index (χ1v) is 7.43. The van der Waals surface area contributed by atoms with Crippen molar-refractivity contribution in [2.45, 2.75) is 51.6 Å². The molecule has 0 heterocycles. The van der Waals surface area contributed by atoms with Crippen LogP contribution in [-0.2, 0) is 9.53 Å². The lowest BCUT2D eigenvalue weighted by Crippen LogP contribution is -2.39. The number of hydrogen-bond donors (Lipinski definition) is 1. The molecule has 0 spiro atoms. The van der Waals surface area contributed by atoms with Gasteiger partial charge in [-0.2, -0.15) is 11.8 Å². The minimum Gasteiger partial charge on any atom is -0.465 e. The lowest BCUT2D eigenvalue weighted by molar-refractivity contribution is -0.145. The van der Waals surface area contributed by atoms with Crippen molar-refractivity contribution in [3.63, 3.8) is 0 Å². The molecule has 1 atom stereocenters. The highest BCUT2D eigenvalue weighted by Crippen LogP contribution is 2.20. The molecule has 94 valence electrons. The van der Waals surface area contributed by atoms with Gasteiger partial charge in [0, 0.05) is 6.04 Å². The lowest BCUT2D eigenvalue weighted by Gasteiger charge is -2.16. The summed E-state index contributed by atoms with van der Waals surface area (Å²) in [4.78, 5) is 11.7. The van der Waals surface area contributed by atoms with Crippen LogP contribution in [0, 0.1) is 0 Å². The quantitative estimate of drug-likeness (QED) is 0.499. The molecular formula is C12H23NO2S. The second kappa shape index (κ2) is 7.96. The predicted molar refractivity (Wildman–Crippen MR) is 68.8 cm³/mol. The van der Waals surface area contributed by atoms with Crippen LogP contribution in [0.25, 0.3) is 0 Å². The van der Waals surface area contributed by atoms with Gasteiger partial charge < -0.3 is 10.1 Å². The van der Waals surface area contributed by atoms with Crippen LogP contribution in [0.15, 0.2) is 0 Å². The molecule has 0 bridgehead atoms. The normalized spacial score (nSPS) is 17.1. The van der Waals surface area contributed by atoms with Crippen molar-refractivity contribution in [1.29, 1.82) is 0 Å². The van der Waals surface area contributed by atoms with Gasteiger partial charge in [-0.3, -0.25) is 4.79 Å². The molecule has 0 aromatic heterocycles. The Balaban J connectivity index is 2.22. The monoisotopic (exact) mass is 245 g/mol. The summed E-state index contributed by atoms with van der Waals surface area (Å²) in [6.07, 6.45) is 4.50. The van der Waals surface area contributed by atoms with E-state index in [0.717, 1.165) is 12.2 Å². The van der Waals surface area contributed by atoms with Crippen molar-refractivity contribution < 1.29 is 9.53 Å². The summed E-state index contributed by atoms with van der Waals surface area (Å²) >= 11 is 1.92. The van der Waals surface area contributed by atoms with Gasteiger partial charge in [0.15, 0.2) is 0 Å². The molecule has 0 aliphatic heterocycles. The fourth-order valence-electron chi connectivity index (χ4n) is 1.49. The summed E-state index contributed by atoms with van der Waals surface area (Å²) in [6.45, 7) is 4.51. The Hall–Kier alpha value is -0.220. The zero-order valence-electron chi connectivity index (χ0n) is 10.3. The van der Waals surface area contributed by atoms with E-state index in [1.807, 2.05) is 18.7 Å². The number of thioether (sulfide) groups is 1. The molecule has 0 aromatic rings. The fraction of sp³-hybridized carbons (Fsp3) is 0.917. The van der Waals surface area contributed by atoms with Gasteiger partial charge in [0.1, 0.15) is 6.04 Å². The Bertz CT molecular complexity index is 207. The first-order chi connectivity index (χ1) is 7.77. The smallest absolute Gasteiger partial charge is 0.323 e. The third-order valence-electron chi connectivity index (χ3n) is 2.48. The number of rotatable bonds is 9. The maximum absolute atomic E-state index is 11.7. The minimum absolute atomic E-state index is 0.0773. The largest absolute Gasteiger partial charge is 0.465 e. The second-order valence-corrected chi connectivity index (χ2v) is 5.37. The van der Waals surface area contributed by atoms with Gasteiger partial charge in [-0.05, 0) is 44.1 Å². The van der Waals surface area contributed by atoms with Gasteiger partial charge in [0.05, 0.1) is 6.61 Å². The minimum atomic E-state index is -0.0863. The van der Waals surface area contributed by atoms with E-state index in [4.69, 9.17) is 4.74 Å². The van der Waals surface area contributed by atoms with Gasteiger partial charge in [-0.25, -0.2) is 0 Å². The molecule has 1 aliphatic carbocycles. The van der Waals surface area contributed by atoms with E-state index in [2.05, 4.69) is 12.2 Å². The van der Waals surface area contributed by atoms with Crippen LogP contribution in [0.5, 0.6) is 0 Å². The van der Waals surface area contributed by atoms with E-state index in [9.17, 15) is 4.79 Å². The molecule has 0 radical (unpaired) electrons. The Morgan fingerprint density at radius 3 is 2.75 bits per heavy atom. The topological polar surface area (TPSA) is 38.3 Å². The van der Waals surface area contributed by atoms with Crippen molar-refractivity contribution >= 4 is 17.7 Å². The number of ether oxygens (including phenoxy) is 1. The highest BCUT2D eigenvalue weighted by molar-refractivity contribution is 7.99. The van der Waals surface area contributed by atoms with Crippen LogP contribution in [0.4, 0.5) is 0 Å². The summed E-state index contributed by atoms with van der Waals surface area (Å²) in [6, 6.07) is 0.474. The van der Waals surface area contributed by atoms with Crippen LogP contribution in [0.1, 0.15) is 39.5 Å². The summed E-state index contributed by atoms with van der Waals surface area (Å²) in [5, 5.41) is 3.36. The third-order valence-corrected chi connectivity index (χ3v) is 3.71. The fourth-order valence-corrected chi connectivity index (χ4v) is 2.39. The Morgan fingerprint density at radius 2 is 2.19 bits per heavy atom. The zero-order chi connectivity index (χ0) is 11.8. The number of esters is 1. The number of hydrogen-bond acceptors (Lipinski definition) is 4.